The average molecular weight is 224 g/mol. The maximum absolute atomic E-state index is 12.8. The van der Waals surface area contributed by atoms with Crippen molar-refractivity contribution in [1.29, 1.82) is 0 Å². The minimum atomic E-state index is -3.62. The van der Waals surface area contributed by atoms with Crippen molar-refractivity contribution in [3.63, 3.8) is 0 Å². The Hall–Kier alpha value is -2.11. The molecule has 0 saturated carbocycles. The zero-order chi connectivity index (χ0) is 11.3. The van der Waals surface area contributed by atoms with Gasteiger partial charge in [0.15, 0.2) is 11.5 Å². The SMILES string of the molecule is Nc1ccnc2cc3c(cc12)OC(F)(F)O3. The Bertz CT molecular complexity index is 586. The molecule has 16 heavy (non-hydrogen) atoms. The topological polar surface area (TPSA) is 57.4 Å². The molecule has 1 aromatic carbocycles. The third-order valence-electron chi connectivity index (χ3n) is 2.30. The number of nitrogens with zero attached hydrogens (tertiary/aromatic N) is 1. The van der Waals surface area contributed by atoms with Gasteiger partial charge in [-0.15, -0.1) is 8.78 Å². The molecule has 4 nitrogen and oxygen atoms in total. The van der Waals surface area contributed by atoms with E-state index in [1.165, 1.54) is 18.3 Å². The summed E-state index contributed by atoms with van der Waals surface area (Å²) in [5.74, 6) is -0.0622. The number of rotatable bonds is 0. The quantitative estimate of drug-likeness (QED) is 0.744. The van der Waals surface area contributed by atoms with Crippen LogP contribution < -0.4 is 15.2 Å². The number of nitrogen functional groups attached to an aromatic ring is 1. The third kappa shape index (κ3) is 1.23. The highest BCUT2D eigenvalue weighted by Gasteiger charge is 2.43. The highest BCUT2D eigenvalue weighted by molar-refractivity contribution is 5.92. The van der Waals surface area contributed by atoms with E-state index in [9.17, 15) is 8.78 Å². The number of pyridine rings is 1. The van der Waals surface area contributed by atoms with Crippen LogP contribution in [0, 0.1) is 0 Å². The Kier molecular flexibility index (Phi) is 1.55. The molecule has 6 heteroatoms. The molecule has 0 saturated heterocycles. The minimum Gasteiger partial charge on any atom is -0.398 e. The van der Waals surface area contributed by atoms with Crippen LogP contribution in [0.3, 0.4) is 0 Å². The summed E-state index contributed by atoms with van der Waals surface area (Å²) in [7, 11) is 0. The first-order chi connectivity index (χ1) is 7.55. The smallest absolute Gasteiger partial charge is 0.398 e. The van der Waals surface area contributed by atoms with Gasteiger partial charge in [0, 0.05) is 23.3 Å². The van der Waals surface area contributed by atoms with Gasteiger partial charge >= 0.3 is 6.29 Å². The molecule has 0 atom stereocenters. The number of nitrogens with two attached hydrogens (primary N) is 1. The number of aromatic nitrogens is 1. The molecule has 0 aliphatic carbocycles. The molecule has 0 amide bonds. The van der Waals surface area contributed by atoms with E-state index in [4.69, 9.17) is 5.73 Å². The van der Waals surface area contributed by atoms with Crippen LogP contribution in [0.5, 0.6) is 11.5 Å². The largest absolute Gasteiger partial charge is 0.586 e. The number of ether oxygens (including phenoxy) is 2. The lowest BCUT2D eigenvalue weighted by Gasteiger charge is -2.04. The number of alkyl halides is 2. The third-order valence-corrected chi connectivity index (χ3v) is 2.30. The Balaban J connectivity index is 2.26. The van der Waals surface area contributed by atoms with Crippen molar-refractivity contribution in [2.24, 2.45) is 0 Å². The number of hydrogen-bond acceptors (Lipinski definition) is 4. The first kappa shape index (κ1) is 9.14. The van der Waals surface area contributed by atoms with Crippen molar-refractivity contribution in [3.8, 4) is 11.5 Å². The summed E-state index contributed by atoms with van der Waals surface area (Å²) in [6.07, 6.45) is -2.12. The van der Waals surface area contributed by atoms with Crippen LogP contribution in [0.15, 0.2) is 24.4 Å². The predicted octanol–water partition coefficient (Wildman–Crippen LogP) is 2.14. The van der Waals surface area contributed by atoms with Gasteiger partial charge in [-0.05, 0) is 12.1 Å². The lowest BCUT2D eigenvalue weighted by molar-refractivity contribution is -0.286. The Morgan fingerprint density at radius 3 is 2.62 bits per heavy atom. The lowest BCUT2D eigenvalue weighted by Crippen LogP contribution is -2.25. The molecule has 1 aromatic heterocycles. The molecule has 0 radical (unpaired) electrons. The highest BCUT2D eigenvalue weighted by Crippen LogP contribution is 2.43. The molecule has 2 N–H and O–H groups in total. The fourth-order valence-corrected chi connectivity index (χ4v) is 1.61. The summed E-state index contributed by atoms with van der Waals surface area (Å²) >= 11 is 0. The molecular formula is C10H6F2N2O2. The van der Waals surface area contributed by atoms with Gasteiger partial charge in [-0.25, -0.2) is 0 Å². The second-order valence-corrected chi connectivity index (χ2v) is 3.38. The molecule has 3 rings (SSSR count). The molecule has 1 aliphatic heterocycles. The fraction of sp³-hybridized carbons (Fsp3) is 0.100. The zero-order valence-electron chi connectivity index (χ0n) is 7.91. The van der Waals surface area contributed by atoms with Crippen LogP contribution in [0.4, 0.5) is 14.5 Å². The summed E-state index contributed by atoms with van der Waals surface area (Å²) < 4.78 is 34.2. The van der Waals surface area contributed by atoms with Crippen molar-refractivity contribution >= 4 is 16.6 Å². The van der Waals surface area contributed by atoms with Gasteiger partial charge in [0.2, 0.25) is 0 Å². The van der Waals surface area contributed by atoms with Crippen LogP contribution in [-0.2, 0) is 0 Å². The summed E-state index contributed by atoms with van der Waals surface area (Å²) in [5, 5.41) is 0.558. The van der Waals surface area contributed by atoms with Crippen LogP contribution in [-0.4, -0.2) is 11.3 Å². The molecule has 82 valence electrons. The molecule has 0 fully saturated rings. The minimum absolute atomic E-state index is 0.0304. The number of anilines is 1. The first-order valence-electron chi connectivity index (χ1n) is 4.49. The van der Waals surface area contributed by atoms with Gasteiger partial charge in [0.1, 0.15) is 0 Å². The van der Waals surface area contributed by atoms with Gasteiger partial charge in [-0.1, -0.05) is 0 Å². The van der Waals surface area contributed by atoms with E-state index in [2.05, 4.69) is 14.5 Å². The molecule has 2 aromatic rings. The van der Waals surface area contributed by atoms with Crippen molar-refractivity contribution < 1.29 is 18.3 Å². The van der Waals surface area contributed by atoms with Crippen LogP contribution >= 0.6 is 0 Å². The van der Waals surface area contributed by atoms with Gasteiger partial charge in [0.25, 0.3) is 0 Å². The number of fused-ring (bicyclic) bond motifs is 2. The van der Waals surface area contributed by atoms with E-state index in [1.807, 2.05) is 0 Å². The summed E-state index contributed by atoms with van der Waals surface area (Å²) in [6, 6.07) is 4.36. The molecule has 0 unspecified atom stereocenters. The Morgan fingerprint density at radius 2 is 1.88 bits per heavy atom. The second kappa shape index (κ2) is 2.72. The number of halogens is 2. The van der Waals surface area contributed by atoms with Crippen LogP contribution in [0.1, 0.15) is 0 Å². The number of hydrogen-bond donors (Lipinski definition) is 1. The molecule has 0 spiro atoms. The van der Waals surface area contributed by atoms with E-state index in [-0.39, 0.29) is 11.5 Å². The maximum atomic E-state index is 12.8. The average Bonchev–Trinajstić information content (AvgIpc) is 2.48. The fourth-order valence-electron chi connectivity index (χ4n) is 1.61. The van der Waals surface area contributed by atoms with E-state index in [1.54, 1.807) is 6.07 Å². The Morgan fingerprint density at radius 1 is 1.19 bits per heavy atom. The Labute approximate surface area is 88.6 Å². The van der Waals surface area contributed by atoms with E-state index in [0.717, 1.165) is 0 Å². The number of benzene rings is 1. The normalized spacial score (nSPS) is 16.6. The monoisotopic (exact) mass is 224 g/mol. The van der Waals surface area contributed by atoms with E-state index >= 15 is 0 Å². The highest BCUT2D eigenvalue weighted by atomic mass is 19.3. The lowest BCUT2D eigenvalue weighted by atomic mass is 10.1. The molecule has 0 bridgehead atoms. The van der Waals surface area contributed by atoms with Crippen molar-refractivity contribution in [2.75, 3.05) is 5.73 Å². The van der Waals surface area contributed by atoms with Crippen molar-refractivity contribution in [1.82, 2.24) is 4.98 Å². The summed E-state index contributed by atoms with van der Waals surface area (Å²) in [6.45, 7) is 0. The van der Waals surface area contributed by atoms with Gasteiger partial charge in [-0.2, -0.15) is 0 Å². The predicted molar refractivity (Wildman–Crippen MR) is 52.4 cm³/mol. The van der Waals surface area contributed by atoms with Crippen molar-refractivity contribution in [2.45, 2.75) is 6.29 Å². The molecule has 2 heterocycles. The summed E-state index contributed by atoms with van der Waals surface area (Å²) in [5.41, 5.74) is 6.63. The standard InChI is InChI=1S/C10H6F2N2O2/c11-10(12)15-8-3-5-6(13)1-2-14-7(5)4-9(8)16-10/h1-4H,(H2,13,14). The van der Waals surface area contributed by atoms with Crippen LogP contribution in [0.25, 0.3) is 10.9 Å². The van der Waals surface area contributed by atoms with E-state index in [0.29, 0.717) is 16.6 Å². The maximum Gasteiger partial charge on any atom is 0.586 e. The first-order valence-corrected chi connectivity index (χ1v) is 4.49. The zero-order valence-corrected chi connectivity index (χ0v) is 7.91. The molecular weight excluding hydrogens is 218 g/mol. The molecule has 1 aliphatic rings. The van der Waals surface area contributed by atoms with Gasteiger partial charge in [0.05, 0.1) is 5.52 Å². The van der Waals surface area contributed by atoms with Crippen LogP contribution in [0.2, 0.25) is 0 Å². The second-order valence-electron chi connectivity index (χ2n) is 3.38. The van der Waals surface area contributed by atoms with Gasteiger partial charge in [-0.3, -0.25) is 4.98 Å². The summed E-state index contributed by atoms with van der Waals surface area (Å²) in [4.78, 5) is 4.01. The van der Waals surface area contributed by atoms with E-state index < -0.39 is 6.29 Å². The van der Waals surface area contributed by atoms with Gasteiger partial charge < -0.3 is 15.2 Å². The van der Waals surface area contributed by atoms with Crippen molar-refractivity contribution in [3.05, 3.63) is 24.4 Å².